The number of likely N-dealkylation sites (N-methyl/N-ethyl adjacent to an activating group) is 1. The van der Waals surface area contributed by atoms with Crippen LogP contribution in [0.5, 0.6) is 0 Å². The first kappa shape index (κ1) is 10.7. The molecule has 1 aliphatic rings. The Morgan fingerprint density at radius 2 is 2.33 bits per heavy atom. The van der Waals surface area contributed by atoms with Crippen molar-refractivity contribution in [2.24, 2.45) is 18.4 Å². The zero-order valence-corrected chi connectivity index (χ0v) is 10.1. The fraction of sp³-hybridized carbons (Fsp3) is 0.750. The van der Waals surface area contributed by atoms with Crippen LogP contribution in [0.2, 0.25) is 0 Å². The van der Waals surface area contributed by atoms with E-state index in [4.69, 9.17) is 0 Å². The van der Waals surface area contributed by atoms with Crippen molar-refractivity contribution in [3.05, 3.63) is 18.0 Å². The molecule has 0 amide bonds. The lowest BCUT2D eigenvalue weighted by atomic mass is 9.99. The number of hydrogen-bond acceptors (Lipinski definition) is 2. The molecule has 84 valence electrons. The Kier molecular flexibility index (Phi) is 2.59. The summed E-state index contributed by atoms with van der Waals surface area (Å²) in [5.74, 6) is 0.822. The van der Waals surface area contributed by atoms with Crippen LogP contribution in [-0.4, -0.2) is 22.9 Å². The molecule has 1 heterocycles. The second-order valence-electron chi connectivity index (χ2n) is 5.42. The van der Waals surface area contributed by atoms with Gasteiger partial charge in [-0.3, -0.25) is 4.68 Å². The third kappa shape index (κ3) is 2.23. The van der Waals surface area contributed by atoms with Crippen molar-refractivity contribution in [1.82, 2.24) is 15.1 Å². The van der Waals surface area contributed by atoms with Gasteiger partial charge in [0, 0.05) is 19.3 Å². The van der Waals surface area contributed by atoms with Gasteiger partial charge in [0.1, 0.15) is 0 Å². The quantitative estimate of drug-likeness (QED) is 0.812. The highest BCUT2D eigenvalue weighted by Crippen LogP contribution is 2.53. The topological polar surface area (TPSA) is 29.9 Å². The van der Waals surface area contributed by atoms with Gasteiger partial charge >= 0.3 is 0 Å². The van der Waals surface area contributed by atoms with Gasteiger partial charge in [-0.15, -0.1) is 0 Å². The molecule has 1 N–H and O–H groups in total. The van der Waals surface area contributed by atoms with Gasteiger partial charge in [-0.2, -0.15) is 5.10 Å². The smallest absolute Gasteiger partial charge is 0.0522 e. The summed E-state index contributed by atoms with van der Waals surface area (Å²) < 4.78 is 1.88. The molecule has 0 aliphatic heterocycles. The first-order valence-corrected chi connectivity index (χ1v) is 5.68. The molecule has 0 spiro atoms. The molecular formula is C12H21N3. The van der Waals surface area contributed by atoms with Gasteiger partial charge in [-0.1, -0.05) is 13.8 Å². The summed E-state index contributed by atoms with van der Waals surface area (Å²) in [6.07, 6.45) is 6.52. The molecule has 1 aromatic heterocycles. The van der Waals surface area contributed by atoms with E-state index in [0.717, 1.165) is 12.3 Å². The molecule has 2 unspecified atom stereocenters. The summed E-state index contributed by atoms with van der Waals surface area (Å²) >= 11 is 0. The molecule has 1 fully saturated rings. The summed E-state index contributed by atoms with van der Waals surface area (Å²) in [5, 5.41) is 7.65. The number of rotatable bonds is 4. The van der Waals surface area contributed by atoms with Crippen molar-refractivity contribution in [3.8, 4) is 0 Å². The Morgan fingerprint density at radius 1 is 1.67 bits per heavy atom. The maximum absolute atomic E-state index is 4.21. The molecule has 15 heavy (non-hydrogen) atoms. The molecule has 0 bridgehead atoms. The van der Waals surface area contributed by atoms with Crippen LogP contribution in [0.25, 0.3) is 0 Å². The van der Waals surface area contributed by atoms with E-state index in [-0.39, 0.29) is 0 Å². The molecule has 3 heteroatoms. The van der Waals surface area contributed by atoms with E-state index >= 15 is 0 Å². The van der Waals surface area contributed by atoms with Gasteiger partial charge < -0.3 is 5.32 Å². The van der Waals surface area contributed by atoms with Crippen LogP contribution < -0.4 is 5.32 Å². The van der Waals surface area contributed by atoms with Gasteiger partial charge in [0.25, 0.3) is 0 Å². The van der Waals surface area contributed by atoms with Crippen molar-refractivity contribution in [3.63, 3.8) is 0 Å². The van der Waals surface area contributed by atoms with Gasteiger partial charge in [-0.05, 0) is 36.8 Å². The third-order valence-electron chi connectivity index (χ3n) is 3.66. The second kappa shape index (κ2) is 3.63. The number of nitrogens with zero attached hydrogens (tertiary/aromatic N) is 2. The van der Waals surface area contributed by atoms with E-state index in [1.807, 2.05) is 17.9 Å². The molecule has 2 atom stereocenters. The standard InChI is InChI=1S/C12H21N3/c1-12(2)6-10(12)11(13-3)5-9-7-14-15(4)8-9/h7-8,10-11,13H,5-6H2,1-4H3. The van der Waals surface area contributed by atoms with E-state index in [0.29, 0.717) is 11.5 Å². The molecule has 1 aromatic rings. The van der Waals surface area contributed by atoms with Crippen LogP contribution in [0, 0.1) is 11.3 Å². The van der Waals surface area contributed by atoms with Crippen molar-refractivity contribution < 1.29 is 0 Å². The van der Waals surface area contributed by atoms with Crippen LogP contribution >= 0.6 is 0 Å². The van der Waals surface area contributed by atoms with Gasteiger partial charge in [0.05, 0.1) is 6.20 Å². The number of nitrogens with one attached hydrogen (secondary N) is 1. The Hall–Kier alpha value is -0.830. The van der Waals surface area contributed by atoms with Gasteiger partial charge in [-0.25, -0.2) is 0 Å². The Labute approximate surface area is 91.9 Å². The monoisotopic (exact) mass is 207 g/mol. The van der Waals surface area contributed by atoms with Crippen molar-refractivity contribution in [2.75, 3.05) is 7.05 Å². The maximum Gasteiger partial charge on any atom is 0.0522 e. The molecule has 3 nitrogen and oxygen atoms in total. The van der Waals surface area contributed by atoms with E-state index < -0.39 is 0 Å². The molecular weight excluding hydrogens is 186 g/mol. The first-order valence-electron chi connectivity index (χ1n) is 5.68. The summed E-state index contributed by atoms with van der Waals surface area (Å²) in [6, 6.07) is 0.601. The van der Waals surface area contributed by atoms with E-state index in [2.05, 4.69) is 37.5 Å². The van der Waals surface area contributed by atoms with Crippen LogP contribution in [0.3, 0.4) is 0 Å². The molecule has 1 saturated carbocycles. The summed E-state index contributed by atoms with van der Waals surface area (Å²) in [4.78, 5) is 0. The minimum atomic E-state index is 0.538. The number of aryl methyl sites for hydroxylation is 1. The lowest BCUT2D eigenvalue weighted by molar-refractivity contribution is 0.426. The predicted molar refractivity (Wildman–Crippen MR) is 61.6 cm³/mol. The lowest BCUT2D eigenvalue weighted by Crippen LogP contribution is -2.31. The van der Waals surface area contributed by atoms with Gasteiger partial charge in [0.15, 0.2) is 0 Å². The zero-order chi connectivity index (χ0) is 11.1. The maximum atomic E-state index is 4.21. The lowest BCUT2D eigenvalue weighted by Gasteiger charge is -2.16. The Bertz CT molecular complexity index is 340. The zero-order valence-electron chi connectivity index (χ0n) is 10.1. The summed E-state index contributed by atoms with van der Waals surface area (Å²) in [5.41, 5.74) is 1.87. The average molecular weight is 207 g/mol. The summed E-state index contributed by atoms with van der Waals surface area (Å²) in [6.45, 7) is 4.70. The van der Waals surface area contributed by atoms with Crippen LogP contribution in [0.1, 0.15) is 25.8 Å². The fourth-order valence-corrected chi connectivity index (χ4v) is 2.47. The highest BCUT2D eigenvalue weighted by Gasteiger charge is 2.49. The van der Waals surface area contributed by atoms with E-state index in [1.165, 1.54) is 12.0 Å². The van der Waals surface area contributed by atoms with E-state index in [1.54, 1.807) is 0 Å². The Balaban J connectivity index is 1.98. The van der Waals surface area contributed by atoms with Crippen molar-refractivity contribution in [1.29, 1.82) is 0 Å². The highest BCUT2D eigenvalue weighted by atomic mass is 15.2. The second-order valence-corrected chi connectivity index (χ2v) is 5.42. The SMILES string of the molecule is CNC(Cc1cnn(C)c1)C1CC1(C)C. The van der Waals surface area contributed by atoms with Crippen molar-refractivity contribution >= 4 is 0 Å². The fourth-order valence-electron chi connectivity index (χ4n) is 2.47. The Morgan fingerprint density at radius 3 is 2.73 bits per heavy atom. The number of aromatic nitrogens is 2. The van der Waals surface area contributed by atoms with Gasteiger partial charge in [0.2, 0.25) is 0 Å². The normalized spacial score (nSPS) is 25.2. The average Bonchev–Trinajstić information content (AvgIpc) is 2.59. The van der Waals surface area contributed by atoms with Crippen LogP contribution in [0.4, 0.5) is 0 Å². The van der Waals surface area contributed by atoms with Crippen molar-refractivity contribution in [2.45, 2.75) is 32.7 Å². The minimum absolute atomic E-state index is 0.538. The molecule has 0 radical (unpaired) electrons. The third-order valence-corrected chi connectivity index (χ3v) is 3.66. The predicted octanol–water partition coefficient (Wildman–Crippen LogP) is 1.60. The summed E-state index contributed by atoms with van der Waals surface area (Å²) in [7, 11) is 4.04. The molecule has 0 saturated heterocycles. The molecule has 2 rings (SSSR count). The molecule has 0 aromatic carbocycles. The number of hydrogen-bond donors (Lipinski definition) is 1. The van der Waals surface area contributed by atoms with Crippen LogP contribution in [-0.2, 0) is 13.5 Å². The van der Waals surface area contributed by atoms with E-state index in [9.17, 15) is 0 Å². The molecule has 1 aliphatic carbocycles. The first-order chi connectivity index (χ1) is 7.03. The highest BCUT2D eigenvalue weighted by molar-refractivity contribution is 5.11. The van der Waals surface area contributed by atoms with Crippen LogP contribution in [0.15, 0.2) is 12.4 Å². The largest absolute Gasteiger partial charge is 0.316 e. The minimum Gasteiger partial charge on any atom is -0.316 e.